The quantitative estimate of drug-likeness (QED) is 0.835. The summed E-state index contributed by atoms with van der Waals surface area (Å²) in [5.74, 6) is 0.778. The molecule has 0 aromatic carbocycles. The van der Waals surface area contributed by atoms with Crippen LogP contribution in [-0.4, -0.2) is 15.7 Å². The van der Waals surface area contributed by atoms with Crippen LogP contribution >= 0.6 is 11.6 Å². The van der Waals surface area contributed by atoms with Crippen LogP contribution in [0.1, 0.15) is 33.6 Å². The summed E-state index contributed by atoms with van der Waals surface area (Å²) in [7, 11) is 0. The Morgan fingerprint density at radius 2 is 1.93 bits per heavy atom. The second kappa shape index (κ2) is 4.60. The molecule has 1 aromatic heterocycles. The van der Waals surface area contributed by atoms with Gasteiger partial charge < -0.3 is 5.32 Å². The Kier molecular flexibility index (Phi) is 3.69. The highest BCUT2D eigenvalue weighted by Gasteiger charge is 2.19. The normalized spacial score (nSPS) is 11.4. The first-order valence-electron chi connectivity index (χ1n) is 4.87. The molecular weight excluding hydrogens is 198 g/mol. The summed E-state index contributed by atoms with van der Waals surface area (Å²) in [4.78, 5) is 0. The highest BCUT2D eigenvalue weighted by atomic mass is 35.5. The minimum absolute atomic E-state index is 0.0858. The standard InChI is InChI=1S/C10H16ClN3/c1-4-10(3,5-2)12-9-7-6-8(11)13-14-9/h6-7H,4-5H2,1-3H3,(H,12,14). The van der Waals surface area contributed by atoms with E-state index in [0.717, 1.165) is 18.7 Å². The predicted molar refractivity (Wildman–Crippen MR) is 59.7 cm³/mol. The lowest BCUT2D eigenvalue weighted by Crippen LogP contribution is -2.33. The van der Waals surface area contributed by atoms with Gasteiger partial charge in [0.1, 0.15) is 5.82 Å². The fraction of sp³-hybridized carbons (Fsp3) is 0.600. The van der Waals surface area contributed by atoms with Crippen LogP contribution in [0.15, 0.2) is 12.1 Å². The van der Waals surface area contributed by atoms with Gasteiger partial charge in [0.2, 0.25) is 0 Å². The third kappa shape index (κ3) is 2.84. The van der Waals surface area contributed by atoms with E-state index in [0.29, 0.717) is 5.15 Å². The Hall–Kier alpha value is -0.830. The third-order valence-corrected chi connectivity index (χ3v) is 2.82. The van der Waals surface area contributed by atoms with Crippen molar-refractivity contribution in [2.24, 2.45) is 0 Å². The van der Waals surface area contributed by atoms with Crippen molar-refractivity contribution < 1.29 is 0 Å². The van der Waals surface area contributed by atoms with Crippen molar-refractivity contribution in [2.75, 3.05) is 5.32 Å². The first-order chi connectivity index (χ1) is 6.59. The zero-order valence-corrected chi connectivity index (χ0v) is 9.60. The SMILES string of the molecule is CCC(C)(CC)Nc1ccc(Cl)nn1. The number of nitrogens with one attached hydrogen (secondary N) is 1. The molecule has 0 radical (unpaired) electrons. The molecule has 0 bridgehead atoms. The topological polar surface area (TPSA) is 37.8 Å². The zero-order valence-electron chi connectivity index (χ0n) is 8.84. The van der Waals surface area contributed by atoms with Gasteiger partial charge in [0.25, 0.3) is 0 Å². The summed E-state index contributed by atoms with van der Waals surface area (Å²) < 4.78 is 0. The largest absolute Gasteiger partial charge is 0.363 e. The van der Waals surface area contributed by atoms with Crippen molar-refractivity contribution in [2.45, 2.75) is 39.2 Å². The van der Waals surface area contributed by atoms with Gasteiger partial charge in [0.15, 0.2) is 5.15 Å². The molecule has 0 fully saturated rings. The third-order valence-electron chi connectivity index (χ3n) is 2.62. The monoisotopic (exact) mass is 213 g/mol. The van der Waals surface area contributed by atoms with Crippen LogP contribution in [-0.2, 0) is 0 Å². The first-order valence-corrected chi connectivity index (χ1v) is 5.25. The van der Waals surface area contributed by atoms with Gasteiger partial charge in [-0.25, -0.2) is 0 Å². The lowest BCUT2D eigenvalue weighted by atomic mass is 9.96. The Labute approximate surface area is 89.9 Å². The molecular formula is C10H16ClN3. The van der Waals surface area contributed by atoms with E-state index < -0.39 is 0 Å². The van der Waals surface area contributed by atoms with Crippen LogP contribution in [0.2, 0.25) is 5.15 Å². The molecule has 0 saturated heterocycles. The number of halogens is 1. The van der Waals surface area contributed by atoms with E-state index in [1.807, 2.05) is 6.07 Å². The van der Waals surface area contributed by atoms with Gasteiger partial charge in [-0.05, 0) is 31.9 Å². The molecule has 0 saturated carbocycles. The molecule has 1 rings (SSSR count). The minimum Gasteiger partial charge on any atom is -0.363 e. The lowest BCUT2D eigenvalue weighted by molar-refractivity contribution is 0.476. The van der Waals surface area contributed by atoms with E-state index in [9.17, 15) is 0 Å². The average molecular weight is 214 g/mol. The van der Waals surface area contributed by atoms with Crippen molar-refractivity contribution >= 4 is 17.4 Å². The molecule has 3 nitrogen and oxygen atoms in total. The van der Waals surface area contributed by atoms with Crippen LogP contribution < -0.4 is 5.32 Å². The van der Waals surface area contributed by atoms with Crippen LogP contribution in [0.4, 0.5) is 5.82 Å². The number of aromatic nitrogens is 2. The number of hydrogen-bond donors (Lipinski definition) is 1. The van der Waals surface area contributed by atoms with E-state index in [2.05, 4.69) is 36.3 Å². The van der Waals surface area contributed by atoms with E-state index in [1.165, 1.54) is 0 Å². The van der Waals surface area contributed by atoms with Crippen LogP contribution in [0, 0.1) is 0 Å². The summed E-state index contributed by atoms with van der Waals surface area (Å²) in [6.45, 7) is 6.48. The van der Waals surface area contributed by atoms with Crippen molar-refractivity contribution in [3.05, 3.63) is 17.3 Å². The number of rotatable bonds is 4. The maximum absolute atomic E-state index is 5.65. The van der Waals surface area contributed by atoms with Gasteiger partial charge in [-0.3, -0.25) is 0 Å². The fourth-order valence-corrected chi connectivity index (χ4v) is 1.22. The molecule has 0 unspecified atom stereocenters. The van der Waals surface area contributed by atoms with Crippen molar-refractivity contribution in [1.82, 2.24) is 10.2 Å². The molecule has 0 amide bonds. The van der Waals surface area contributed by atoms with Crippen molar-refractivity contribution in [3.8, 4) is 0 Å². The van der Waals surface area contributed by atoms with Crippen molar-refractivity contribution in [1.29, 1.82) is 0 Å². The van der Waals surface area contributed by atoms with Gasteiger partial charge >= 0.3 is 0 Å². The predicted octanol–water partition coefficient (Wildman–Crippen LogP) is 3.12. The Morgan fingerprint density at radius 3 is 2.36 bits per heavy atom. The second-order valence-corrected chi connectivity index (χ2v) is 4.02. The van der Waals surface area contributed by atoms with E-state index in [-0.39, 0.29) is 5.54 Å². The van der Waals surface area contributed by atoms with Gasteiger partial charge in [-0.2, -0.15) is 0 Å². The molecule has 1 N–H and O–H groups in total. The lowest BCUT2D eigenvalue weighted by Gasteiger charge is -2.28. The number of anilines is 1. The molecule has 78 valence electrons. The smallest absolute Gasteiger partial charge is 0.151 e. The maximum Gasteiger partial charge on any atom is 0.151 e. The molecule has 1 aromatic rings. The maximum atomic E-state index is 5.65. The van der Waals surface area contributed by atoms with E-state index in [1.54, 1.807) is 6.07 Å². The van der Waals surface area contributed by atoms with Gasteiger partial charge in [0.05, 0.1) is 0 Å². The molecule has 0 aliphatic carbocycles. The van der Waals surface area contributed by atoms with E-state index >= 15 is 0 Å². The number of hydrogen-bond acceptors (Lipinski definition) is 3. The molecule has 0 atom stereocenters. The van der Waals surface area contributed by atoms with Crippen LogP contribution in [0.25, 0.3) is 0 Å². The zero-order chi connectivity index (χ0) is 10.6. The summed E-state index contributed by atoms with van der Waals surface area (Å²) in [6, 6.07) is 3.58. The number of nitrogens with zero attached hydrogens (tertiary/aromatic N) is 2. The highest BCUT2D eigenvalue weighted by Crippen LogP contribution is 2.19. The molecule has 1 heterocycles. The molecule has 4 heteroatoms. The Morgan fingerprint density at radius 1 is 1.29 bits per heavy atom. The van der Waals surface area contributed by atoms with Crippen molar-refractivity contribution in [3.63, 3.8) is 0 Å². The summed E-state index contributed by atoms with van der Waals surface area (Å²) in [5, 5.41) is 11.5. The van der Waals surface area contributed by atoms with Gasteiger partial charge in [0, 0.05) is 5.54 Å². The molecule has 14 heavy (non-hydrogen) atoms. The van der Waals surface area contributed by atoms with Crippen LogP contribution in [0.3, 0.4) is 0 Å². The molecule has 0 spiro atoms. The summed E-state index contributed by atoms with van der Waals surface area (Å²) in [5.41, 5.74) is 0.0858. The Balaban J connectivity index is 2.72. The molecule has 0 aliphatic heterocycles. The first kappa shape index (κ1) is 11.2. The van der Waals surface area contributed by atoms with E-state index in [4.69, 9.17) is 11.6 Å². The average Bonchev–Trinajstić information content (AvgIpc) is 2.21. The van der Waals surface area contributed by atoms with Gasteiger partial charge in [-0.15, -0.1) is 10.2 Å². The second-order valence-electron chi connectivity index (χ2n) is 3.63. The molecule has 0 aliphatic rings. The Bertz CT molecular complexity index is 280. The summed E-state index contributed by atoms with van der Waals surface area (Å²) >= 11 is 5.65. The van der Waals surface area contributed by atoms with Crippen LogP contribution in [0.5, 0.6) is 0 Å². The fourth-order valence-electron chi connectivity index (χ4n) is 1.12. The summed E-state index contributed by atoms with van der Waals surface area (Å²) in [6.07, 6.45) is 2.10. The minimum atomic E-state index is 0.0858. The highest BCUT2D eigenvalue weighted by molar-refractivity contribution is 6.29. The van der Waals surface area contributed by atoms with Gasteiger partial charge in [-0.1, -0.05) is 25.4 Å².